The Kier molecular flexibility index (Phi) is 7.26. The molecular weight excluding hydrogens is 532 g/mol. The van der Waals surface area contributed by atoms with Crippen LogP contribution >= 0.6 is 0 Å². The third-order valence-electron chi connectivity index (χ3n) is 15.1. The number of benzene rings is 1. The summed E-state index contributed by atoms with van der Waals surface area (Å²) in [5.74, 6) is 2.79. The van der Waals surface area contributed by atoms with Crippen LogP contribution in [0.4, 0.5) is 0 Å². The van der Waals surface area contributed by atoms with Gasteiger partial charge in [-0.2, -0.15) is 0 Å². The summed E-state index contributed by atoms with van der Waals surface area (Å²) in [5, 5.41) is 19.4. The minimum absolute atomic E-state index is 0.103. The Bertz CT molecular complexity index is 1330. The van der Waals surface area contributed by atoms with E-state index < -0.39 is 0 Å². The van der Waals surface area contributed by atoms with Crippen molar-refractivity contribution in [3.63, 3.8) is 0 Å². The Morgan fingerprint density at radius 2 is 1.60 bits per heavy atom. The Hall–Kier alpha value is -2.23. The molecule has 0 saturated heterocycles. The largest absolute Gasteiger partial charge is 0.504 e. The summed E-state index contributed by atoms with van der Waals surface area (Å²) in [5.41, 5.74) is 3.40. The van der Waals surface area contributed by atoms with Crippen LogP contribution in [-0.2, 0) is 9.53 Å². The zero-order valence-corrected chi connectivity index (χ0v) is 27.8. The summed E-state index contributed by atoms with van der Waals surface area (Å²) in [7, 11) is 0. The number of allylic oxidation sites excluding steroid dienone is 1. The fraction of sp³-hybridized carbons (Fsp3) is 0.718. The van der Waals surface area contributed by atoms with E-state index in [4.69, 9.17) is 4.74 Å². The molecule has 1 aromatic rings. The van der Waals surface area contributed by atoms with Crippen molar-refractivity contribution in [2.75, 3.05) is 0 Å². The van der Waals surface area contributed by atoms with Crippen LogP contribution in [0, 0.1) is 56.7 Å². The van der Waals surface area contributed by atoms with E-state index in [0.29, 0.717) is 39.6 Å². The molecule has 10 atom stereocenters. The van der Waals surface area contributed by atoms with Crippen molar-refractivity contribution in [2.45, 2.75) is 119 Å². The van der Waals surface area contributed by atoms with Gasteiger partial charge in [0.25, 0.3) is 0 Å². The molecule has 0 spiro atoms. The summed E-state index contributed by atoms with van der Waals surface area (Å²) in [6, 6.07) is 4.54. The van der Waals surface area contributed by atoms with E-state index in [1.165, 1.54) is 75.1 Å². The molecule has 0 aromatic heterocycles. The summed E-state index contributed by atoms with van der Waals surface area (Å²) >= 11 is 0. The van der Waals surface area contributed by atoms with Crippen LogP contribution in [0.25, 0.3) is 6.08 Å². The number of aromatic hydroxyl groups is 2. The monoisotopic (exact) mass is 588 g/mol. The number of phenolic OH excluding ortho intramolecular Hbond substituents is 2. The average molecular weight is 589 g/mol. The van der Waals surface area contributed by atoms with Crippen molar-refractivity contribution >= 4 is 12.0 Å². The molecule has 5 aliphatic rings. The number of carbonyl (C=O) groups excluding carboxylic acids is 1. The maximum absolute atomic E-state index is 13.0. The highest BCUT2D eigenvalue weighted by molar-refractivity contribution is 5.87. The van der Waals surface area contributed by atoms with Crippen LogP contribution in [0.3, 0.4) is 0 Å². The maximum atomic E-state index is 13.0. The number of fused-ring (bicyclic) bond motifs is 7. The van der Waals surface area contributed by atoms with E-state index >= 15 is 0 Å². The highest BCUT2D eigenvalue weighted by Crippen LogP contribution is 2.77. The molecular formula is C39H56O4. The lowest BCUT2D eigenvalue weighted by atomic mass is 9.32. The second-order valence-corrected chi connectivity index (χ2v) is 17.2. The topological polar surface area (TPSA) is 66.8 Å². The number of ether oxygens (including phenoxy) is 1. The van der Waals surface area contributed by atoms with E-state index in [2.05, 4.69) is 55.0 Å². The van der Waals surface area contributed by atoms with Gasteiger partial charge >= 0.3 is 5.97 Å². The highest BCUT2D eigenvalue weighted by atomic mass is 16.5. The number of hydrogen-bond donors (Lipinski definition) is 2. The van der Waals surface area contributed by atoms with E-state index in [0.717, 1.165) is 24.7 Å². The minimum Gasteiger partial charge on any atom is -0.504 e. The number of hydrogen-bond acceptors (Lipinski definition) is 4. The molecule has 6 rings (SSSR count). The molecule has 0 bridgehead atoms. The molecule has 5 aliphatic carbocycles. The van der Waals surface area contributed by atoms with Gasteiger partial charge in [-0.15, -0.1) is 0 Å². The zero-order valence-electron chi connectivity index (χ0n) is 27.8. The van der Waals surface area contributed by atoms with Gasteiger partial charge < -0.3 is 14.9 Å². The highest BCUT2D eigenvalue weighted by Gasteiger charge is 2.70. The van der Waals surface area contributed by atoms with E-state index in [1.54, 1.807) is 12.1 Å². The molecule has 0 amide bonds. The van der Waals surface area contributed by atoms with Crippen LogP contribution in [0.5, 0.6) is 11.5 Å². The summed E-state index contributed by atoms with van der Waals surface area (Å²) in [6.45, 7) is 22.1. The Morgan fingerprint density at radius 1 is 0.860 bits per heavy atom. The van der Waals surface area contributed by atoms with Gasteiger partial charge in [-0.1, -0.05) is 59.8 Å². The first-order chi connectivity index (χ1) is 20.1. The predicted molar refractivity (Wildman–Crippen MR) is 173 cm³/mol. The summed E-state index contributed by atoms with van der Waals surface area (Å²) in [4.78, 5) is 13.0. The quantitative estimate of drug-likeness (QED) is 0.159. The molecule has 4 nitrogen and oxygen atoms in total. The fourth-order valence-corrected chi connectivity index (χ4v) is 12.7. The van der Waals surface area contributed by atoms with Gasteiger partial charge in [0.1, 0.15) is 6.10 Å². The van der Waals surface area contributed by atoms with Gasteiger partial charge in [-0.25, -0.2) is 4.79 Å². The zero-order chi connectivity index (χ0) is 31.2. The van der Waals surface area contributed by atoms with Crippen molar-refractivity contribution in [2.24, 2.45) is 56.7 Å². The molecule has 7 unspecified atom stereocenters. The van der Waals surface area contributed by atoms with Crippen LogP contribution in [0.15, 0.2) is 36.4 Å². The van der Waals surface area contributed by atoms with Crippen molar-refractivity contribution in [1.82, 2.24) is 0 Å². The van der Waals surface area contributed by atoms with Crippen LogP contribution in [-0.4, -0.2) is 22.3 Å². The third-order valence-corrected chi connectivity index (χ3v) is 15.1. The first kappa shape index (κ1) is 30.8. The van der Waals surface area contributed by atoms with Gasteiger partial charge in [-0.3, -0.25) is 0 Å². The van der Waals surface area contributed by atoms with Gasteiger partial charge in [0.15, 0.2) is 11.5 Å². The SMILES string of the molecule is C=C(C)C1CC[C@]2(C)CC[C@@]3(C)C(CCC4C5(C)CC[C@H](OC(=O)/C=C/c6ccc(O)c(O)c6)C(C)(C)C5CCC43C)C12. The molecule has 43 heavy (non-hydrogen) atoms. The van der Waals surface area contributed by atoms with Gasteiger partial charge in [0.2, 0.25) is 0 Å². The first-order valence-electron chi connectivity index (χ1n) is 17.1. The van der Waals surface area contributed by atoms with Crippen LogP contribution < -0.4 is 0 Å². The van der Waals surface area contributed by atoms with Crippen LogP contribution in [0.1, 0.15) is 118 Å². The molecule has 0 aliphatic heterocycles. The van der Waals surface area contributed by atoms with E-state index in [-0.39, 0.29) is 34.4 Å². The van der Waals surface area contributed by atoms with Gasteiger partial charge in [-0.05, 0) is 146 Å². The number of rotatable bonds is 4. The second-order valence-electron chi connectivity index (χ2n) is 17.2. The summed E-state index contributed by atoms with van der Waals surface area (Å²) in [6.07, 6.45) is 15.6. The Balaban J connectivity index is 1.22. The Morgan fingerprint density at radius 3 is 2.30 bits per heavy atom. The first-order valence-corrected chi connectivity index (χ1v) is 17.1. The molecule has 4 heteroatoms. The number of esters is 1. The van der Waals surface area contributed by atoms with Crippen LogP contribution in [0.2, 0.25) is 0 Å². The molecule has 5 saturated carbocycles. The standard InChI is InChI=1S/C39H56O4/c1-24(2)26-15-18-36(5)21-22-38(7)27(34(26)36)11-13-31-37(6)19-17-32(35(3,4)30(37)16-20-39(31,38)8)43-33(42)14-10-25-9-12-28(40)29(41)23-25/h9-10,12,14,23,26-27,30-32,34,40-41H,1,11,13,15-22H2,2-8H3/b14-10+/t26?,27?,30?,31?,32-,34?,36+,37?,38-,39?/m0/s1. The van der Waals surface area contributed by atoms with Gasteiger partial charge in [0.05, 0.1) is 0 Å². The normalized spacial score (nSPS) is 45.0. The molecule has 0 radical (unpaired) electrons. The number of phenols is 2. The maximum Gasteiger partial charge on any atom is 0.331 e. The molecule has 236 valence electrons. The molecule has 2 N–H and O–H groups in total. The van der Waals surface area contributed by atoms with Crippen molar-refractivity contribution < 1.29 is 19.7 Å². The van der Waals surface area contributed by atoms with Crippen molar-refractivity contribution in [3.8, 4) is 11.5 Å². The second kappa shape index (κ2) is 10.1. The lowest BCUT2D eigenvalue weighted by molar-refractivity contribution is -0.248. The lowest BCUT2D eigenvalue weighted by Gasteiger charge is -2.73. The summed E-state index contributed by atoms with van der Waals surface area (Å²) < 4.78 is 6.19. The van der Waals surface area contributed by atoms with E-state index in [1.807, 2.05) is 0 Å². The van der Waals surface area contributed by atoms with Gasteiger partial charge in [0, 0.05) is 11.5 Å². The minimum atomic E-state index is -0.336. The Labute approximate surface area is 260 Å². The average Bonchev–Trinajstić information content (AvgIpc) is 3.29. The smallest absolute Gasteiger partial charge is 0.331 e. The third kappa shape index (κ3) is 4.46. The van der Waals surface area contributed by atoms with Crippen molar-refractivity contribution in [1.29, 1.82) is 0 Å². The predicted octanol–water partition coefficient (Wildman–Crippen LogP) is 9.70. The molecule has 5 fully saturated rings. The van der Waals surface area contributed by atoms with E-state index in [9.17, 15) is 15.0 Å². The molecule has 0 heterocycles. The lowest BCUT2D eigenvalue weighted by Crippen LogP contribution is -2.66. The molecule has 1 aromatic carbocycles. The fourth-order valence-electron chi connectivity index (χ4n) is 12.7. The number of carbonyl (C=O) groups is 1. The van der Waals surface area contributed by atoms with Crippen molar-refractivity contribution in [3.05, 3.63) is 42.0 Å².